The van der Waals surface area contributed by atoms with Crippen LogP contribution in [0.4, 0.5) is 0 Å². The standard InChI is InChI=1S/C47H48O5/c1-31(35-11-23-41(48)24-12-35)34-9-21-40(22-10-34)47(5,6)52-44-29-17-38(18-30-44)45(49)37-15-27-43(28-16-37)51-42-25-13-36(14-26-42)32(2)33-7-19-39(20-8-33)46(3,4)50/h7,9-33,48,50H,8H2,1-6H3. The summed E-state index contributed by atoms with van der Waals surface area (Å²) >= 11 is 0. The molecule has 1 aliphatic rings. The molecule has 0 heterocycles. The zero-order chi connectivity index (χ0) is 37.0. The van der Waals surface area contributed by atoms with E-state index in [1.165, 1.54) is 11.1 Å². The van der Waals surface area contributed by atoms with Gasteiger partial charge in [0.05, 0.1) is 5.60 Å². The largest absolute Gasteiger partial charge is 0.508 e. The molecule has 6 rings (SSSR count). The van der Waals surface area contributed by atoms with E-state index in [0.29, 0.717) is 34.5 Å². The fraction of sp³-hybridized carbons (Fsp3) is 0.255. The van der Waals surface area contributed by atoms with Crippen molar-refractivity contribution in [1.82, 2.24) is 0 Å². The van der Waals surface area contributed by atoms with Gasteiger partial charge in [0.2, 0.25) is 0 Å². The molecule has 5 aromatic rings. The molecule has 3 unspecified atom stereocenters. The molecule has 3 atom stereocenters. The highest BCUT2D eigenvalue weighted by atomic mass is 16.5. The topological polar surface area (TPSA) is 76.0 Å². The van der Waals surface area contributed by atoms with Crippen molar-refractivity contribution in [3.63, 3.8) is 0 Å². The monoisotopic (exact) mass is 692 g/mol. The predicted octanol–water partition coefficient (Wildman–Crippen LogP) is 11.3. The van der Waals surface area contributed by atoms with Gasteiger partial charge in [0, 0.05) is 17.0 Å². The van der Waals surface area contributed by atoms with Gasteiger partial charge in [-0.2, -0.15) is 0 Å². The Labute approximate surface area is 307 Å². The quantitative estimate of drug-likeness (QED) is 0.127. The van der Waals surface area contributed by atoms with Crippen LogP contribution in [0, 0.1) is 5.92 Å². The second-order valence-corrected chi connectivity index (χ2v) is 14.9. The van der Waals surface area contributed by atoms with Crippen LogP contribution in [-0.2, 0) is 5.60 Å². The van der Waals surface area contributed by atoms with Crippen LogP contribution in [0.15, 0.2) is 145 Å². The molecular formula is C47H48O5. The van der Waals surface area contributed by atoms with Gasteiger partial charge in [0.15, 0.2) is 5.78 Å². The number of ketones is 1. The van der Waals surface area contributed by atoms with Crippen molar-refractivity contribution >= 4 is 5.78 Å². The number of benzene rings is 5. The maximum atomic E-state index is 13.3. The number of hydrogen-bond donors (Lipinski definition) is 2. The molecule has 52 heavy (non-hydrogen) atoms. The number of carbonyl (C=O) groups excluding carboxylic acids is 1. The van der Waals surface area contributed by atoms with Crippen LogP contribution in [0.1, 0.15) is 98.0 Å². The minimum atomic E-state index is -0.819. The number of hydrogen-bond acceptors (Lipinski definition) is 5. The Morgan fingerprint density at radius 1 is 0.673 bits per heavy atom. The molecule has 1 aliphatic carbocycles. The number of ether oxygens (including phenoxy) is 2. The SMILES string of the molecule is CC(c1ccc(O)cc1)c1ccc(C(C)(C)Oc2ccc(C(=O)c3ccc(Oc4ccc(C(C)C5C=CC(C(C)(C)O)=CC5)cc4)cc3)cc2)cc1. The van der Waals surface area contributed by atoms with E-state index < -0.39 is 11.2 Å². The molecule has 5 heteroatoms. The second kappa shape index (κ2) is 15.1. The molecule has 0 radical (unpaired) electrons. The van der Waals surface area contributed by atoms with E-state index in [4.69, 9.17) is 9.47 Å². The van der Waals surface area contributed by atoms with Gasteiger partial charge in [-0.25, -0.2) is 0 Å². The Hall–Kier alpha value is -5.39. The number of carbonyl (C=O) groups is 1. The number of rotatable bonds is 12. The summed E-state index contributed by atoms with van der Waals surface area (Å²) in [5, 5.41) is 19.9. The summed E-state index contributed by atoms with van der Waals surface area (Å²) in [6.07, 6.45) is 7.29. The molecule has 0 saturated heterocycles. The highest BCUT2D eigenvalue weighted by molar-refractivity contribution is 6.09. The van der Waals surface area contributed by atoms with E-state index >= 15 is 0 Å². The fourth-order valence-electron chi connectivity index (χ4n) is 6.68. The molecule has 266 valence electrons. The van der Waals surface area contributed by atoms with Crippen LogP contribution in [0.5, 0.6) is 23.0 Å². The fourth-order valence-corrected chi connectivity index (χ4v) is 6.68. The van der Waals surface area contributed by atoms with Crippen molar-refractivity contribution in [3.8, 4) is 23.0 Å². The first kappa shape index (κ1) is 36.4. The summed E-state index contributed by atoms with van der Waals surface area (Å²) < 4.78 is 12.5. The molecule has 0 spiro atoms. The van der Waals surface area contributed by atoms with Gasteiger partial charge in [-0.1, -0.05) is 80.6 Å². The number of phenolic OH excluding ortho intramolecular Hbond substituents is 1. The Morgan fingerprint density at radius 3 is 1.65 bits per heavy atom. The third-order valence-electron chi connectivity index (χ3n) is 10.2. The summed E-state index contributed by atoms with van der Waals surface area (Å²) in [5.41, 5.74) is 5.31. The van der Waals surface area contributed by atoms with E-state index in [2.05, 4.69) is 62.4 Å². The minimum absolute atomic E-state index is 0.0738. The van der Waals surface area contributed by atoms with E-state index in [-0.39, 0.29) is 17.5 Å². The summed E-state index contributed by atoms with van der Waals surface area (Å²) in [6.45, 7) is 12.1. The Morgan fingerprint density at radius 2 is 1.15 bits per heavy atom. The maximum absolute atomic E-state index is 13.3. The van der Waals surface area contributed by atoms with E-state index in [1.807, 2.05) is 82.3 Å². The first-order valence-electron chi connectivity index (χ1n) is 18.0. The van der Waals surface area contributed by atoms with Gasteiger partial charge >= 0.3 is 0 Å². The highest BCUT2D eigenvalue weighted by Gasteiger charge is 2.25. The molecule has 0 saturated carbocycles. The zero-order valence-electron chi connectivity index (χ0n) is 30.8. The molecule has 5 aromatic carbocycles. The lowest BCUT2D eigenvalue weighted by Crippen LogP contribution is -2.25. The van der Waals surface area contributed by atoms with Crippen molar-refractivity contribution in [2.45, 2.75) is 71.0 Å². The number of allylic oxidation sites excluding steroid dienone is 2. The van der Waals surface area contributed by atoms with Crippen LogP contribution in [0.3, 0.4) is 0 Å². The lowest BCUT2D eigenvalue weighted by molar-refractivity contribution is 0.103. The summed E-state index contributed by atoms with van der Waals surface area (Å²) in [6, 6.07) is 38.4. The highest BCUT2D eigenvalue weighted by Crippen LogP contribution is 2.35. The van der Waals surface area contributed by atoms with Crippen LogP contribution in [0.25, 0.3) is 0 Å². The molecule has 0 amide bonds. The van der Waals surface area contributed by atoms with E-state index in [0.717, 1.165) is 28.9 Å². The molecule has 0 bridgehead atoms. The summed E-state index contributed by atoms with van der Waals surface area (Å²) in [7, 11) is 0. The minimum Gasteiger partial charge on any atom is -0.508 e. The van der Waals surface area contributed by atoms with Crippen molar-refractivity contribution in [1.29, 1.82) is 0 Å². The second-order valence-electron chi connectivity index (χ2n) is 14.9. The summed E-state index contributed by atoms with van der Waals surface area (Å²) in [5.74, 6) is 3.15. The molecule has 2 N–H and O–H groups in total. The smallest absolute Gasteiger partial charge is 0.193 e. The Bertz CT molecular complexity index is 2030. The predicted molar refractivity (Wildman–Crippen MR) is 209 cm³/mol. The Kier molecular flexibility index (Phi) is 10.5. The average Bonchev–Trinajstić information content (AvgIpc) is 3.15. The molecule has 0 aliphatic heterocycles. The Balaban J connectivity index is 1.02. The number of phenols is 1. The molecular weight excluding hydrogens is 645 g/mol. The lowest BCUT2D eigenvalue weighted by Gasteiger charge is -2.27. The molecule has 0 fully saturated rings. The van der Waals surface area contributed by atoms with Gasteiger partial charge < -0.3 is 19.7 Å². The first-order chi connectivity index (χ1) is 24.8. The van der Waals surface area contributed by atoms with Gasteiger partial charge in [-0.05, 0) is 147 Å². The van der Waals surface area contributed by atoms with Gasteiger partial charge in [0.1, 0.15) is 28.6 Å². The van der Waals surface area contributed by atoms with Crippen molar-refractivity contribution in [3.05, 3.63) is 179 Å². The molecule has 5 nitrogen and oxygen atoms in total. The third-order valence-corrected chi connectivity index (χ3v) is 10.2. The van der Waals surface area contributed by atoms with Gasteiger partial charge in [0.25, 0.3) is 0 Å². The average molecular weight is 693 g/mol. The van der Waals surface area contributed by atoms with Crippen molar-refractivity contribution in [2.24, 2.45) is 5.92 Å². The van der Waals surface area contributed by atoms with Crippen LogP contribution in [0.2, 0.25) is 0 Å². The first-order valence-corrected chi connectivity index (χ1v) is 18.0. The zero-order valence-corrected chi connectivity index (χ0v) is 30.8. The van der Waals surface area contributed by atoms with Gasteiger partial charge in [-0.3, -0.25) is 4.79 Å². The van der Waals surface area contributed by atoms with Crippen molar-refractivity contribution < 1.29 is 24.5 Å². The van der Waals surface area contributed by atoms with E-state index in [1.54, 1.807) is 36.4 Å². The van der Waals surface area contributed by atoms with Gasteiger partial charge in [-0.15, -0.1) is 0 Å². The summed E-state index contributed by atoms with van der Waals surface area (Å²) in [4.78, 5) is 13.3. The van der Waals surface area contributed by atoms with Crippen molar-refractivity contribution in [2.75, 3.05) is 0 Å². The van der Waals surface area contributed by atoms with Crippen LogP contribution < -0.4 is 9.47 Å². The molecule has 0 aromatic heterocycles. The number of aliphatic hydroxyl groups is 1. The normalized spacial score (nSPS) is 15.8. The number of aromatic hydroxyl groups is 1. The lowest BCUT2D eigenvalue weighted by atomic mass is 9.80. The van der Waals surface area contributed by atoms with Crippen LogP contribution >= 0.6 is 0 Å². The third kappa shape index (κ3) is 8.55. The van der Waals surface area contributed by atoms with E-state index in [9.17, 15) is 15.0 Å². The van der Waals surface area contributed by atoms with Crippen LogP contribution in [-0.4, -0.2) is 21.6 Å². The maximum Gasteiger partial charge on any atom is 0.193 e.